The first-order valence-electron chi connectivity index (χ1n) is 10.2. The number of hydrogen-bond donors (Lipinski definition) is 2. The van der Waals surface area contributed by atoms with Crippen LogP contribution in [0.25, 0.3) is 0 Å². The molecule has 2 N–H and O–H groups in total. The molecule has 0 bridgehead atoms. The van der Waals surface area contributed by atoms with Crippen LogP contribution >= 0.6 is 11.8 Å². The zero-order valence-corrected chi connectivity index (χ0v) is 18.3. The summed E-state index contributed by atoms with van der Waals surface area (Å²) in [6.07, 6.45) is 3.51. The number of dihydropyridines is 1. The normalized spacial score (nSPS) is 18.4. The van der Waals surface area contributed by atoms with Crippen molar-refractivity contribution in [1.82, 2.24) is 5.32 Å². The lowest BCUT2D eigenvalue weighted by Crippen LogP contribution is -2.31. The monoisotopic (exact) mass is 433 g/mol. The Morgan fingerprint density at radius 1 is 1.32 bits per heavy atom. The van der Waals surface area contributed by atoms with Crippen molar-refractivity contribution in [2.75, 3.05) is 11.1 Å². The Hall–Kier alpha value is -3.24. The quantitative estimate of drug-likeness (QED) is 0.710. The molecule has 0 saturated carbocycles. The molecule has 0 radical (unpaired) electrons. The molecule has 0 saturated heterocycles. The molecular formula is C24H23N3O3S. The first-order chi connectivity index (χ1) is 15.0. The molecule has 31 heavy (non-hydrogen) atoms. The van der Waals surface area contributed by atoms with E-state index in [9.17, 15) is 14.9 Å². The molecule has 2 aromatic rings. The Morgan fingerprint density at radius 2 is 2.16 bits per heavy atom. The van der Waals surface area contributed by atoms with Gasteiger partial charge < -0.3 is 15.1 Å². The number of carbonyl (C=O) groups is 2. The number of thioether (sulfide) groups is 1. The van der Waals surface area contributed by atoms with Crippen LogP contribution < -0.4 is 10.6 Å². The van der Waals surface area contributed by atoms with Crippen molar-refractivity contribution in [1.29, 1.82) is 5.26 Å². The molecule has 7 heteroatoms. The highest BCUT2D eigenvalue weighted by Gasteiger charge is 2.38. The van der Waals surface area contributed by atoms with E-state index in [1.165, 1.54) is 11.8 Å². The summed E-state index contributed by atoms with van der Waals surface area (Å²) >= 11 is 1.27. The summed E-state index contributed by atoms with van der Waals surface area (Å²) < 4.78 is 5.59. The van der Waals surface area contributed by atoms with E-state index in [1.54, 1.807) is 18.4 Å². The first kappa shape index (κ1) is 21.0. The number of allylic oxidation sites excluding steroid dienone is 3. The van der Waals surface area contributed by atoms with Gasteiger partial charge in [-0.25, -0.2) is 0 Å². The van der Waals surface area contributed by atoms with Gasteiger partial charge in [-0.1, -0.05) is 29.5 Å². The SMILES string of the molecule is Cc1ccc(NC(=O)CSC2=C(C#N)[C@@H](c3ccco3)C3=C(CCCC3=O)N2)c(C)c1. The van der Waals surface area contributed by atoms with Crippen molar-refractivity contribution in [3.05, 3.63) is 75.4 Å². The molecule has 1 aliphatic heterocycles. The molecule has 0 fully saturated rings. The summed E-state index contributed by atoms with van der Waals surface area (Å²) in [5.41, 5.74) is 4.76. The summed E-state index contributed by atoms with van der Waals surface area (Å²) in [7, 11) is 0. The number of carbonyl (C=O) groups excluding carboxylic acids is 2. The van der Waals surface area contributed by atoms with Gasteiger partial charge in [-0.15, -0.1) is 0 Å². The Balaban J connectivity index is 1.57. The molecule has 0 spiro atoms. The van der Waals surface area contributed by atoms with Gasteiger partial charge in [0.2, 0.25) is 5.91 Å². The number of nitrogens with one attached hydrogen (secondary N) is 2. The van der Waals surface area contributed by atoms with E-state index in [1.807, 2.05) is 32.0 Å². The number of ketones is 1. The van der Waals surface area contributed by atoms with Crippen LogP contribution in [0.2, 0.25) is 0 Å². The summed E-state index contributed by atoms with van der Waals surface area (Å²) in [6, 6.07) is 11.7. The average molecular weight is 434 g/mol. The van der Waals surface area contributed by atoms with Gasteiger partial charge in [-0.05, 0) is 50.5 Å². The van der Waals surface area contributed by atoms with Gasteiger partial charge in [-0.2, -0.15) is 5.26 Å². The molecule has 2 aliphatic rings. The number of benzene rings is 1. The Kier molecular flexibility index (Phi) is 6.01. The molecule has 2 heterocycles. The van der Waals surface area contributed by atoms with E-state index < -0.39 is 5.92 Å². The minimum absolute atomic E-state index is 0.0412. The van der Waals surface area contributed by atoms with E-state index in [2.05, 4.69) is 16.7 Å². The van der Waals surface area contributed by atoms with E-state index in [-0.39, 0.29) is 17.4 Å². The summed E-state index contributed by atoms with van der Waals surface area (Å²) in [5, 5.41) is 16.7. The molecule has 1 aliphatic carbocycles. The molecule has 1 atom stereocenters. The van der Waals surface area contributed by atoms with Gasteiger partial charge in [0.25, 0.3) is 0 Å². The lowest BCUT2D eigenvalue weighted by atomic mass is 9.79. The van der Waals surface area contributed by atoms with E-state index in [0.29, 0.717) is 28.4 Å². The second-order valence-electron chi connectivity index (χ2n) is 7.75. The molecule has 1 aromatic carbocycles. The van der Waals surface area contributed by atoms with Crippen LogP contribution in [0.15, 0.2) is 62.9 Å². The largest absolute Gasteiger partial charge is 0.468 e. The smallest absolute Gasteiger partial charge is 0.234 e. The maximum Gasteiger partial charge on any atom is 0.234 e. The molecule has 1 amide bonds. The molecule has 6 nitrogen and oxygen atoms in total. The number of nitriles is 1. The molecule has 4 rings (SSSR count). The van der Waals surface area contributed by atoms with Crippen LogP contribution in [0.3, 0.4) is 0 Å². The third kappa shape index (κ3) is 4.30. The fraction of sp³-hybridized carbons (Fsp3) is 0.292. The lowest BCUT2D eigenvalue weighted by molar-refractivity contribution is -0.116. The van der Waals surface area contributed by atoms with Gasteiger partial charge in [-0.3, -0.25) is 9.59 Å². The molecule has 0 unspecified atom stereocenters. The lowest BCUT2D eigenvalue weighted by Gasteiger charge is -2.32. The highest BCUT2D eigenvalue weighted by atomic mass is 32.2. The van der Waals surface area contributed by atoms with Crippen LogP contribution in [0.5, 0.6) is 0 Å². The number of Topliss-reactive ketones (excluding diaryl/α,β-unsaturated/α-hetero) is 1. The molecule has 158 valence electrons. The fourth-order valence-corrected chi connectivity index (χ4v) is 4.92. The predicted octanol–water partition coefficient (Wildman–Crippen LogP) is 4.70. The highest BCUT2D eigenvalue weighted by molar-refractivity contribution is 8.03. The summed E-state index contributed by atoms with van der Waals surface area (Å²) in [6.45, 7) is 3.96. The van der Waals surface area contributed by atoms with Gasteiger partial charge in [0.15, 0.2) is 5.78 Å². The second kappa shape index (κ2) is 8.86. The van der Waals surface area contributed by atoms with Crippen molar-refractivity contribution in [3.8, 4) is 6.07 Å². The van der Waals surface area contributed by atoms with Crippen LogP contribution in [-0.2, 0) is 9.59 Å². The Morgan fingerprint density at radius 3 is 2.87 bits per heavy atom. The van der Waals surface area contributed by atoms with E-state index in [4.69, 9.17) is 4.42 Å². The van der Waals surface area contributed by atoms with Gasteiger partial charge in [0, 0.05) is 23.4 Å². The molecular weight excluding hydrogens is 410 g/mol. The van der Waals surface area contributed by atoms with E-state index in [0.717, 1.165) is 35.4 Å². The fourth-order valence-electron chi connectivity index (χ4n) is 4.06. The van der Waals surface area contributed by atoms with E-state index >= 15 is 0 Å². The third-order valence-electron chi connectivity index (χ3n) is 5.49. The Labute approximate surface area is 185 Å². The van der Waals surface area contributed by atoms with Gasteiger partial charge >= 0.3 is 0 Å². The standard InChI is InChI=1S/C24H23N3O3S/c1-14-8-9-17(15(2)11-14)26-21(29)13-31-24-16(12-25)22(20-7-4-10-30-20)23-18(27-24)5-3-6-19(23)28/h4,7-11,22,27H,3,5-6,13H2,1-2H3,(H,26,29)/t22-/m0/s1. The molecule has 1 aromatic heterocycles. The van der Waals surface area contributed by atoms with Crippen molar-refractivity contribution in [2.24, 2.45) is 0 Å². The Bertz CT molecular complexity index is 1140. The number of hydrogen-bond acceptors (Lipinski definition) is 6. The van der Waals surface area contributed by atoms with Crippen LogP contribution in [0.1, 0.15) is 42.1 Å². The zero-order chi connectivity index (χ0) is 22.0. The number of amides is 1. The number of anilines is 1. The zero-order valence-electron chi connectivity index (χ0n) is 17.5. The minimum Gasteiger partial charge on any atom is -0.468 e. The summed E-state index contributed by atoms with van der Waals surface area (Å²) in [5.74, 6) is 0.0622. The highest BCUT2D eigenvalue weighted by Crippen LogP contribution is 2.44. The van der Waals surface area contributed by atoms with Gasteiger partial charge in [0.1, 0.15) is 5.76 Å². The van der Waals surface area contributed by atoms with Crippen LogP contribution in [-0.4, -0.2) is 17.4 Å². The number of aryl methyl sites for hydroxylation is 2. The van der Waals surface area contributed by atoms with Crippen molar-refractivity contribution < 1.29 is 14.0 Å². The van der Waals surface area contributed by atoms with Crippen molar-refractivity contribution in [3.63, 3.8) is 0 Å². The average Bonchev–Trinajstić information content (AvgIpc) is 3.28. The van der Waals surface area contributed by atoms with Crippen molar-refractivity contribution >= 4 is 29.1 Å². The topological polar surface area (TPSA) is 95.1 Å². The minimum atomic E-state index is -0.533. The number of rotatable bonds is 5. The summed E-state index contributed by atoms with van der Waals surface area (Å²) in [4.78, 5) is 25.3. The van der Waals surface area contributed by atoms with Crippen LogP contribution in [0.4, 0.5) is 5.69 Å². The maximum absolute atomic E-state index is 12.7. The van der Waals surface area contributed by atoms with Crippen molar-refractivity contribution in [2.45, 2.75) is 39.0 Å². The first-order valence-corrected chi connectivity index (χ1v) is 11.2. The number of furan rings is 1. The third-order valence-corrected chi connectivity index (χ3v) is 6.51. The predicted molar refractivity (Wildman–Crippen MR) is 120 cm³/mol. The van der Waals surface area contributed by atoms with Crippen LogP contribution in [0, 0.1) is 25.2 Å². The second-order valence-corrected chi connectivity index (χ2v) is 8.74. The maximum atomic E-state index is 12.7. The van der Waals surface area contributed by atoms with Gasteiger partial charge in [0.05, 0.1) is 34.6 Å². The number of nitrogens with zero attached hydrogens (tertiary/aromatic N) is 1.